The summed E-state index contributed by atoms with van der Waals surface area (Å²) in [7, 11) is 0. The Hall–Kier alpha value is -1.84. The number of hydrogen-bond acceptors (Lipinski definition) is 2. The molecule has 126 valence electrons. The summed E-state index contributed by atoms with van der Waals surface area (Å²) in [5, 5.41) is 12.1. The minimum atomic E-state index is -0.778. The third kappa shape index (κ3) is 4.81. The lowest BCUT2D eigenvalue weighted by Crippen LogP contribution is -2.35. The van der Waals surface area contributed by atoms with E-state index in [1.165, 1.54) is 5.56 Å². The predicted octanol–water partition coefficient (Wildman–Crippen LogP) is 3.49. The number of hydrogen-bond donors (Lipinski definition) is 2. The molecule has 0 radical (unpaired) electrons. The average molecular weight is 317 g/mol. The summed E-state index contributed by atoms with van der Waals surface area (Å²) < 4.78 is 0. The molecule has 1 aliphatic carbocycles. The van der Waals surface area contributed by atoms with E-state index in [1.54, 1.807) is 0 Å². The number of carboxylic acids is 1. The van der Waals surface area contributed by atoms with Crippen LogP contribution < -0.4 is 5.32 Å². The molecule has 0 bridgehead atoms. The molecule has 1 aliphatic rings. The quantitative estimate of drug-likeness (QED) is 0.893. The first kappa shape index (κ1) is 17.5. The molecule has 2 rings (SSSR count). The van der Waals surface area contributed by atoms with E-state index in [-0.39, 0.29) is 23.2 Å². The van der Waals surface area contributed by atoms with Gasteiger partial charge in [-0.05, 0) is 35.8 Å². The lowest BCUT2D eigenvalue weighted by Gasteiger charge is -2.25. The normalized spacial score (nSPS) is 21.7. The van der Waals surface area contributed by atoms with E-state index < -0.39 is 5.97 Å². The van der Waals surface area contributed by atoms with Crippen molar-refractivity contribution in [2.24, 2.45) is 11.8 Å². The van der Waals surface area contributed by atoms with E-state index >= 15 is 0 Å². The van der Waals surface area contributed by atoms with E-state index in [0.717, 1.165) is 18.4 Å². The Morgan fingerprint density at radius 1 is 1.13 bits per heavy atom. The second kappa shape index (κ2) is 7.16. The first-order valence-electron chi connectivity index (χ1n) is 8.37. The van der Waals surface area contributed by atoms with Gasteiger partial charge in [0.05, 0.1) is 5.92 Å². The SMILES string of the molecule is CC(C)(C)c1ccc(CNC(=O)C2CCCC(C(=O)O)C2)cc1. The standard InChI is InChI=1S/C19H27NO3/c1-19(2,3)16-9-7-13(8-10-16)12-20-17(21)14-5-4-6-15(11-14)18(22)23/h7-10,14-15H,4-6,11-12H2,1-3H3,(H,20,21)(H,22,23). The molecule has 0 spiro atoms. The molecule has 4 nitrogen and oxygen atoms in total. The average Bonchev–Trinajstić information content (AvgIpc) is 2.52. The van der Waals surface area contributed by atoms with Gasteiger partial charge in [-0.2, -0.15) is 0 Å². The fourth-order valence-electron chi connectivity index (χ4n) is 3.11. The summed E-state index contributed by atoms with van der Waals surface area (Å²) in [6, 6.07) is 8.29. The predicted molar refractivity (Wildman–Crippen MR) is 90.1 cm³/mol. The molecule has 0 saturated heterocycles. The van der Waals surface area contributed by atoms with Crippen LogP contribution in [0.15, 0.2) is 24.3 Å². The number of aliphatic carboxylic acids is 1. The Morgan fingerprint density at radius 2 is 1.74 bits per heavy atom. The summed E-state index contributed by atoms with van der Waals surface area (Å²) in [6.45, 7) is 7.01. The third-order valence-electron chi connectivity index (χ3n) is 4.68. The van der Waals surface area contributed by atoms with Crippen molar-refractivity contribution in [1.82, 2.24) is 5.32 Å². The van der Waals surface area contributed by atoms with Gasteiger partial charge in [0, 0.05) is 12.5 Å². The largest absolute Gasteiger partial charge is 0.481 e. The lowest BCUT2D eigenvalue weighted by atomic mass is 9.81. The topological polar surface area (TPSA) is 66.4 Å². The highest BCUT2D eigenvalue weighted by Gasteiger charge is 2.30. The number of carboxylic acid groups (broad SMARTS) is 1. The molecule has 1 aromatic carbocycles. The Morgan fingerprint density at radius 3 is 2.30 bits per heavy atom. The van der Waals surface area contributed by atoms with Crippen LogP contribution in [-0.4, -0.2) is 17.0 Å². The molecule has 23 heavy (non-hydrogen) atoms. The second-order valence-electron chi connectivity index (χ2n) is 7.56. The van der Waals surface area contributed by atoms with Gasteiger partial charge in [0.25, 0.3) is 0 Å². The van der Waals surface area contributed by atoms with Gasteiger partial charge in [0.15, 0.2) is 0 Å². The molecule has 1 saturated carbocycles. The summed E-state index contributed by atoms with van der Waals surface area (Å²) in [5.41, 5.74) is 2.46. The summed E-state index contributed by atoms with van der Waals surface area (Å²) in [4.78, 5) is 23.3. The maximum absolute atomic E-state index is 12.3. The minimum Gasteiger partial charge on any atom is -0.481 e. The van der Waals surface area contributed by atoms with Crippen LogP contribution in [0.4, 0.5) is 0 Å². The van der Waals surface area contributed by atoms with E-state index in [0.29, 0.717) is 19.4 Å². The molecule has 2 N–H and O–H groups in total. The van der Waals surface area contributed by atoms with Crippen molar-refractivity contribution in [1.29, 1.82) is 0 Å². The van der Waals surface area contributed by atoms with Gasteiger partial charge in [-0.1, -0.05) is 51.5 Å². The molecule has 4 heteroatoms. The zero-order valence-electron chi connectivity index (χ0n) is 14.3. The number of amides is 1. The monoisotopic (exact) mass is 317 g/mol. The van der Waals surface area contributed by atoms with Crippen LogP contribution in [0, 0.1) is 11.8 Å². The molecule has 1 aromatic rings. The zero-order valence-corrected chi connectivity index (χ0v) is 14.3. The molecule has 2 atom stereocenters. The molecular weight excluding hydrogens is 290 g/mol. The van der Waals surface area contributed by atoms with Crippen molar-refractivity contribution >= 4 is 11.9 Å². The van der Waals surface area contributed by atoms with Crippen LogP contribution in [0.3, 0.4) is 0 Å². The van der Waals surface area contributed by atoms with Crippen molar-refractivity contribution in [3.05, 3.63) is 35.4 Å². The van der Waals surface area contributed by atoms with E-state index in [2.05, 4.69) is 38.2 Å². The van der Waals surface area contributed by atoms with Gasteiger partial charge in [-0.25, -0.2) is 0 Å². The number of carbonyl (C=O) groups excluding carboxylic acids is 1. The first-order chi connectivity index (χ1) is 10.8. The fourth-order valence-corrected chi connectivity index (χ4v) is 3.11. The van der Waals surface area contributed by atoms with Gasteiger partial charge in [-0.15, -0.1) is 0 Å². The van der Waals surface area contributed by atoms with Crippen molar-refractivity contribution in [3.8, 4) is 0 Å². The number of rotatable bonds is 4. The van der Waals surface area contributed by atoms with Crippen LogP contribution in [-0.2, 0) is 21.5 Å². The van der Waals surface area contributed by atoms with Crippen molar-refractivity contribution in [3.63, 3.8) is 0 Å². The molecule has 0 aromatic heterocycles. The van der Waals surface area contributed by atoms with Gasteiger partial charge in [0.1, 0.15) is 0 Å². The molecule has 1 amide bonds. The Balaban J connectivity index is 1.88. The van der Waals surface area contributed by atoms with E-state index in [4.69, 9.17) is 5.11 Å². The molecule has 0 aliphatic heterocycles. The van der Waals surface area contributed by atoms with E-state index in [1.807, 2.05) is 12.1 Å². The fraction of sp³-hybridized carbons (Fsp3) is 0.579. The van der Waals surface area contributed by atoms with Crippen LogP contribution in [0.5, 0.6) is 0 Å². The summed E-state index contributed by atoms with van der Waals surface area (Å²) in [5.74, 6) is -1.33. The smallest absolute Gasteiger partial charge is 0.306 e. The number of nitrogens with one attached hydrogen (secondary N) is 1. The Bertz CT molecular complexity index is 557. The van der Waals surface area contributed by atoms with Gasteiger partial charge < -0.3 is 10.4 Å². The highest BCUT2D eigenvalue weighted by molar-refractivity contribution is 5.80. The molecular formula is C19H27NO3. The molecule has 0 heterocycles. The van der Waals surface area contributed by atoms with Gasteiger partial charge in [0.2, 0.25) is 5.91 Å². The number of benzene rings is 1. The molecule has 2 unspecified atom stereocenters. The summed E-state index contributed by atoms with van der Waals surface area (Å²) >= 11 is 0. The van der Waals surface area contributed by atoms with Gasteiger partial charge >= 0.3 is 5.97 Å². The van der Waals surface area contributed by atoms with Gasteiger partial charge in [-0.3, -0.25) is 9.59 Å². The van der Waals surface area contributed by atoms with Crippen molar-refractivity contribution < 1.29 is 14.7 Å². The van der Waals surface area contributed by atoms with Crippen LogP contribution in [0.25, 0.3) is 0 Å². The maximum atomic E-state index is 12.3. The Labute approximate surface area is 138 Å². The Kier molecular flexibility index (Phi) is 5.45. The number of carbonyl (C=O) groups is 2. The highest BCUT2D eigenvalue weighted by Crippen LogP contribution is 2.29. The van der Waals surface area contributed by atoms with E-state index in [9.17, 15) is 9.59 Å². The molecule has 1 fully saturated rings. The van der Waals surface area contributed by atoms with Crippen LogP contribution >= 0.6 is 0 Å². The first-order valence-corrected chi connectivity index (χ1v) is 8.37. The third-order valence-corrected chi connectivity index (χ3v) is 4.68. The van der Waals surface area contributed by atoms with Crippen molar-refractivity contribution in [2.75, 3.05) is 0 Å². The van der Waals surface area contributed by atoms with Crippen molar-refractivity contribution in [2.45, 2.75) is 58.4 Å². The maximum Gasteiger partial charge on any atom is 0.306 e. The van der Waals surface area contributed by atoms with Crippen LogP contribution in [0.1, 0.15) is 57.6 Å². The lowest BCUT2D eigenvalue weighted by molar-refractivity contribution is -0.144. The minimum absolute atomic E-state index is 0.0177. The zero-order chi connectivity index (χ0) is 17.0. The second-order valence-corrected chi connectivity index (χ2v) is 7.56. The summed E-state index contributed by atoms with van der Waals surface area (Å²) in [6.07, 6.45) is 2.76. The highest BCUT2D eigenvalue weighted by atomic mass is 16.4. The van der Waals surface area contributed by atoms with Crippen LogP contribution in [0.2, 0.25) is 0 Å².